The van der Waals surface area contributed by atoms with Gasteiger partial charge in [0.25, 0.3) is 0 Å². The van der Waals surface area contributed by atoms with E-state index in [1.807, 2.05) is 0 Å². The molecule has 34 heavy (non-hydrogen) atoms. The number of nitrogens with zero attached hydrogens (tertiary/aromatic N) is 2. The van der Waals surface area contributed by atoms with Crippen molar-refractivity contribution < 1.29 is 0 Å². The molecule has 4 aromatic rings. The molecule has 4 aromatic carbocycles. The van der Waals surface area contributed by atoms with Crippen molar-refractivity contribution in [3.05, 3.63) is 106 Å². The average Bonchev–Trinajstić information content (AvgIpc) is 3.07. The predicted octanol–water partition coefficient (Wildman–Crippen LogP) is 8.96. The maximum absolute atomic E-state index is 5.45. The van der Waals surface area contributed by atoms with Gasteiger partial charge in [-0.25, -0.2) is 9.98 Å². The summed E-state index contributed by atoms with van der Waals surface area (Å²) in [5.74, 6) is 0.773. The number of hydrogen-bond acceptors (Lipinski definition) is 2. The van der Waals surface area contributed by atoms with E-state index < -0.39 is 0 Å². The number of hydrogen-bond donors (Lipinski definition) is 0. The van der Waals surface area contributed by atoms with Crippen LogP contribution in [0, 0.1) is 13.8 Å². The minimum Gasteiger partial charge on any atom is -0.246 e. The molecule has 0 bridgehead atoms. The second kappa shape index (κ2) is 8.68. The highest BCUT2D eigenvalue weighted by Crippen LogP contribution is 2.39. The van der Waals surface area contributed by atoms with E-state index in [4.69, 9.17) is 9.98 Å². The molecule has 1 aliphatic carbocycles. The van der Waals surface area contributed by atoms with E-state index in [1.165, 1.54) is 44.2 Å². The standard InChI is InChI=1S/C32H32N2/c1-19(2)25-12-9-13-26(20(3)4)30(25)34-32-28-15-8-11-23-10-7-14-27(29(23)28)31(32)33-24-17-21(5)16-22(6)18-24/h7-20H,1-6H3/b33-31+,34-32+. The zero-order valence-corrected chi connectivity index (χ0v) is 21.0. The van der Waals surface area contributed by atoms with Crippen LogP contribution in [0.2, 0.25) is 0 Å². The van der Waals surface area contributed by atoms with Gasteiger partial charge >= 0.3 is 0 Å². The van der Waals surface area contributed by atoms with Crippen LogP contribution in [0.3, 0.4) is 0 Å². The normalized spacial score (nSPS) is 15.4. The predicted molar refractivity (Wildman–Crippen MR) is 147 cm³/mol. The van der Waals surface area contributed by atoms with Gasteiger partial charge in [0.2, 0.25) is 0 Å². The molecule has 0 heterocycles. The fourth-order valence-electron chi connectivity index (χ4n) is 5.11. The lowest BCUT2D eigenvalue weighted by atomic mass is 9.92. The van der Waals surface area contributed by atoms with Crippen molar-refractivity contribution in [1.29, 1.82) is 0 Å². The molecule has 0 saturated carbocycles. The molecule has 0 aromatic heterocycles. The van der Waals surface area contributed by atoms with Crippen LogP contribution in [0.5, 0.6) is 0 Å². The summed E-state index contributed by atoms with van der Waals surface area (Å²) in [6.45, 7) is 13.2. The third-order valence-corrected chi connectivity index (χ3v) is 6.65. The minimum absolute atomic E-state index is 0.387. The highest BCUT2D eigenvalue weighted by molar-refractivity contribution is 6.61. The molecular weight excluding hydrogens is 412 g/mol. The van der Waals surface area contributed by atoms with Crippen LogP contribution >= 0.6 is 0 Å². The number of aryl methyl sites for hydroxylation is 2. The van der Waals surface area contributed by atoms with Crippen molar-refractivity contribution in [2.75, 3.05) is 0 Å². The van der Waals surface area contributed by atoms with Crippen molar-refractivity contribution in [3.8, 4) is 0 Å². The summed E-state index contributed by atoms with van der Waals surface area (Å²) in [6.07, 6.45) is 0. The number of benzene rings is 4. The summed E-state index contributed by atoms with van der Waals surface area (Å²) in [5, 5.41) is 2.48. The first-order valence-corrected chi connectivity index (χ1v) is 12.2. The smallest absolute Gasteiger partial charge is 0.0979 e. The van der Waals surface area contributed by atoms with Crippen molar-refractivity contribution in [2.24, 2.45) is 9.98 Å². The van der Waals surface area contributed by atoms with Gasteiger partial charge in [0.15, 0.2) is 0 Å². The molecule has 0 unspecified atom stereocenters. The lowest BCUT2D eigenvalue weighted by molar-refractivity contribution is 0.835. The monoisotopic (exact) mass is 444 g/mol. The molecule has 0 fully saturated rings. The molecule has 0 amide bonds. The molecule has 0 saturated heterocycles. The van der Waals surface area contributed by atoms with Crippen LogP contribution in [-0.2, 0) is 0 Å². The Bertz CT molecular complexity index is 1420. The number of rotatable bonds is 4. The lowest BCUT2D eigenvalue weighted by Gasteiger charge is -2.17. The lowest BCUT2D eigenvalue weighted by Crippen LogP contribution is -2.11. The summed E-state index contributed by atoms with van der Waals surface area (Å²) in [4.78, 5) is 10.7. The first kappa shape index (κ1) is 22.3. The maximum Gasteiger partial charge on any atom is 0.0979 e. The number of aliphatic imine (C=N–C) groups is 2. The van der Waals surface area contributed by atoms with Gasteiger partial charge in [0, 0.05) is 16.5 Å². The number of para-hydroxylation sites is 1. The van der Waals surface area contributed by atoms with Gasteiger partial charge in [-0.05, 0) is 65.5 Å². The third-order valence-electron chi connectivity index (χ3n) is 6.65. The molecule has 2 heteroatoms. The van der Waals surface area contributed by atoms with E-state index in [9.17, 15) is 0 Å². The van der Waals surface area contributed by atoms with Crippen molar-refractivity contribution in [3.63, 3.8) is 0 Å². The Kier molecular flexibility index (Phi) is 5.69. The second-order valence-electron chi connectivity index (χ2n) is 10.1. The zero-order valence-electron chi connectivity index (χ0n) is 21.0. The van der Waals surface area contributed by atoms with Crippen LogP contribution in [0.25, 0.3) is 10.8 Å². The van der Waals surface area contributed by atoms with Crippen LogP contribution in [0.15, 0.2) is 82.8 Å². The molecule has 0 spiro atoms. The topological polar surface area (TPSA) is 24.7 Å². The Morgan fingerprint density at radius 3 is 1.62 bits per heavy atom. The fraction of sp³-hybridized carbons (Fsp3) is 0.250. The quantitative estimate of drug-likeness (QED) is 0.300. The maximum atomic E-state index is 5.45. The van der Waals surface area contributed by atoms with E-state index in [2.05, 4.69) is 114 Å². The first-order chi connectivity index (χ1) is 16.3. The van der Waals surface area contributed by atoms with Gasteiger partial charge in [-0.1, -0.05) is 88.4 Å². The SMILES string of the molecule is Cc1cc(C)cc(/N=C2/C(=N/c3c(C(C)C)cccc3C(C)C)c3cccc4cccc2c34)c1. The third kappa shape index (κ3) is 3.88. The Hall–Kier alpha value is -3.52. The summed E-state index contributed by atoms with van der Waals surface area (Å²) in [5.41, 5.74) is 11.4. The molecule has 2 nitrogen and oxygen atoms in total. The molecule has 5 rings (SSSR count). The first-order valence-electron chi connectivity index (χ1n) is 12.2. The summed E-state index contributed by atoms with van der Waals surface area (Å²) in [7, 11) is 0. The fourth-order valence-corrected chi connectivity index (χ4v) is 5.11. The molecular formula is C32H32N2. The van der Waals surface area contributed by atoms with Crippen molar-refractivity contribution in [2.45, 2.75) is 53.4 Å². The van der Waals surface area contributed by atoms with Gasteiger partial charge in [-0.15, -0.1) is 0 Å². The van der Waals surface area contributed by atoms with Crippen LogP contribution in [-0.4, -0.2) is 11.4 Å². The molecule has 0 radical (unpaired) electrons. The molecule has 0 atom stereocenters. The van der Waals surface area contributed by atoms with E-state index >= 15 is 0 Å². The van der Waals surface area contributed by atoms with Crippen molar-refractivity contribution in [1.82, 2.24) is 0 Å². The Morgan fingerprint density at radius 1 is 0.588 bits per heavy atom. The van der Waals surface area contributed by atoms with Gasteiger partial charge in [0.05, 0.1) is 22.8 Å². The van der Waals surface area contributed by atoms with Crippen LogP contribution in [0.1, 0.15) is 72.9 Å². The van der Waals surface area contributed by atoms with E-state index in [0.717, 1.165) is 22.8 Å². The molecule has 1 aliphatic rings. The Labute approximate surface area is 203 Å². The van der Waals surface area contributed by atoms with E-state index in [-0.39, 0.29) is 0 Å². The summed E-state index contributed by atoms with van der Waals surface area (Å²) < 4.78 is 0. The van der Waals surface area contributed by atoms with Gasteiger partial charge < -0.3 is 0 Å². The summed E-state index contributed by atoms with van der Waals surface area (Å²) >= 11 is 0. The highest BCUT2D eigenvalue weighted by Gasteiger charge is 2.28. The van der Waals surface area contributed by atoms with Gasteiger partial charge in [0.1, 0.15) is 0 Å². The van der Waals surface area contributed by atoms with Crippen LogP contribution < -0.4 is 0 Å². The van der Waals surface area contributed by atoms with E-state index in [0.29, 0.717) is 11.8 Å². The van der Waals surface area contributed by atoms with Gasteiger partial charge in [-0.3, -0.25) is 0 Å². The van der Waals surface area contributed by atoms with Gasteiger partial charge in [-0.2, -0.15) is 0 Å². The zero-order chi connectivity index (χ0) is 24.0. The summed E-state index contributed by atoms with van der Waals surface area (Å²) in [6, 6.07) is 26.1. The van der Waals surface area contributed by atoms with Crippen molar-refractivity contribution >= 4 is 33.6 Å². The molecule has 0 aliphatic heterocycles. The van der Waals surface area contributed by atoms with E-state index in [1.54, 1.807) is 0 Å². The highest BCUT2D eigenvalue weighted by atomic mass is 14.8. The molecule has 170 valence electrons. The second-order valence-corrected chi connectivity index (χ2v) is 10.1. The minimum atomic E-state index is 0.387. The average molecular weight is 445 g/mol. The Morgan fingerprint density at radius 2 is 1.09 bits per heavy atom. The largest absolute Gasteiger partial charge is 0.246 e. The Balaban J connectivity index is 1.83. The molecule has 0 N–H and O–H groups in total. The van der Waals surface area contributed by atoms with Crippen LogP contribution in [0.4, 0.5) is 11.4 Å².